The topological polar surface area (TPSA) is 78.3 Å². The summed E-state index contributed by atoms with van der Waals surface area (Å²) in [6.45, 7) is 12.0. The Bertz CT molecular complexity index is 717. The Morgan fingerprint density at radius 1 is 1.21 bits per heavy atom. The predicted molar refractivity (Wildman–Crippen MR) is 92.3 cm³/mol. The Morgan fingerprint density at radius 2 is 1.92 bits per heavy atom. The molecule has 7 nitrogen and oxygen atoms in total. The molecule has 3 heterocycles. The first kappa shape index (κ1) is 16.7. The lowest BCUT2D eigenvalue weighted by molar-refractivity contribution is 0.169. The number of hydrogen-bond donors (Lipinski definition) is 1. The Morgan fingerprint density at radius 3 is 2.46 bits per heavy atom. The average molecular weight is 331 g/mol. The molecule has 1 fully saturated rings. The van der Waals surface area contributed by atoms with Crippen LogP contribution in [0.4, 0.5) is 5.82 Å². The Balaban J connectivity index is 1.62. The molecule has 130 valence electrons. The molecule has 0 bridgehead atoms. The van der Waals surface area contributed by atoms with Crippen LogP contribution < -0.4 is 10.5 Å². The highest BCUT2D eigenvalue weighted by molar-refractivity contribution is 5.36. The molecule has 1 saturated heterocycles. The quantitative estimate of drug-likeness (QED) is 0.926. The molecular weight excluding hydrogens is 306 g/mol. The molecule has 1 N–H and O–H groups in total. The van der Waals surface area contributed by atoms with Crippen molar-refractivity contribution >= 4 is 5.82 Å². The van der Waals surface area contributed by atoms with Gasteiger partial charge in [-0.3, -0.25) is 9.69 Å². The molecule has 2 aromatic heterocycles. The molecule has 0 amide bonds. The van der Waals surface area contributed by atoms with Gasteiger partial charge in [-0.05, 0) is 13.0 Å². The molecule has 7 heteroatoms. The normalized spacial score (nSPS) is 17.9. The van der Waals surface area contributed by atoms with E-state index in [-0.39, 0.29) is 17.0 Å². The number of piperazine rings is 1. The molecule has 0 spiro atoms. The summed E-state index contributed by atoms with van der Waals surface area (Å²) < 4.78 is 5.97. The van der Waals surface area contributed by atoms with Gasteiger partial charge in [-0.2, -0.15) is 5.10 Å². The fourth-order valence-electron chi connectivity index (χ4n) is 2.84. The van der Waals surface area contributed by atoms with E-state index in [4.69, 9.17) is 4.42 Å². The van der Waals surface area contributed by atoms with Gasteiger partial charge in [-0.25, -0.2) is 10.1 Å². The molecule has 24 heavy (non-hydrogen) atoms. The third-order valence-corrected chi connectivity index (χ3v) is 4.47. The molecule has 0 aliphatic carbocycles. The van der Waals surface area contributed by atoms with Crippen LogP contribution in [0, 0.1) is 0 Å². The van der Waals surface area contributed by atoms with Crippen LogP contribution in [0.25, 0.3) is 0 Å². The van der Waals surface area contributed by atoms with Gasteiger partial charge in [-0.1, -0.05) is 20.8 Å². The number of nitrogens with one attached hydrogen (secondary N) is 1. The lowest BCUT2D eigenvalue weighted by Crippen LogP contribution is -2.47. The van der Waals surface area contributed by atoms with Gasteiger partial charge in [0.1, 0.15) is 11.6 Å². The number of rotatable bonds is 3. The zero-order valence-corrected chi connectivity index (χ0v) is 14.7. The van der Waals surface area contributed by atoms with Gasteiger partial charge < -0.3 is 9.32 Å². The molecule has 3 rings (SSSR count). The first-order chi connectivity index (χ1) is 11.3. The number of anilines is 1. The van der Waals surface area contributed by atoms with E-state index in [1.807, 2.05) is 6.20 Å². The van der Waals surface area contributed by atoms with Gasteiger partial charge in [0.25, 0.3) is 5.56 Å². The van der Waals surface area contributed by atoms with Crippen molar-refractivity contribution in [1.82, 2.24) is 20.1 Å². The highest BCUT2D eigenvalue weighted by Crippen LogP contribution is 2.27. The first-order valence-corrected chi connectivity index (χ1v) is 8.35. The van der Waals surface area contributed by atoms with Gasteiger partial charge in [0.2, 0.25) is 5.89 Å². The summed E-state index contributed by atoms with van der Waals surface area (Å²) in [4.78, 5) is 20.1. The first-order valence-electron chi connectivity index (χ1n) is 8.35. The summed E-state index contributed by atoms with van der Waals surface area (Å²) in [5.74, 6) is 2.50. The monoisotopic (exact) mass is 331 g/mol. The van der Waals surface area contributed by atoms with Crippen molar-refractivity contribution in [2.45, 2.75) is 39.2 Å². The van der Waals surface area contributed by atoms with Crippen molar-refractivity contribution in [2.24, 2.45) is 0 Å². The second-order valence-corrected chi connectivity index (χ2v) is 7.29. The number of aromatic nitrogens is 3. The minimum atomic E-state index is -0.176. The SMILES string of the molecule is C[C@@H](c1ncc(C(C)(C)C)o1)N1CCN(c2ccc(=O)[nH]n2)CC1. The maximum absolute atomic E-state index is 11.1. The van der Waals surface area contributed by atoms with E-state index in [2.05, 4.69) is 52.7 Å². The van der Waals surface area contributed by atoms with Crippen LogP contribution >= 0.6 is 0 Å². The van der Waals surface area contributed by atoms with Crippen molar-refractivity contribution < 1.29 is 4.42 Å². The minimum absolute atomic E-state index is 0.0282. The smallest absolute Gasteiger partial charge is 0.264 e. The summed E-state index contributed by atoms with van der Waals surface area (Å²) in [5, 5.41) is 6.59. The van der Waals surface area contributed by atoms with Gasteiger partial charge in [0, 0.05) is 37.7 Å². The second-order valence-electron chi connectivity index (χ2n) is 7.29. The zero-order chi connectivity index (χ0) is 17.3. The number of oxazole rings is 1. The van der Waals surface area contributed by atoms with E-state index in [1.165, 1.54) is 6.07 Å². The minimum Gasteiger partial charge on any atom is -0.443 e. The Labute approximate surface area is 141 Å². The number of H-pyrrole nitrogens is 1. The molecule has 0 radical (unpaired) electrons. The number of aromatic amines is 1. The van der Waals surface area contributed by atoms with Crippen LogP contribution in [-0.2, 0) is 5.41 Å². The summed E-state index contributed by atoms with van der Waals surface area (Å²) in [6.07, 6.45) is 1.84. The summed E-state index contributed by atoms with van der Waals surface area (Å²) in [5.41, 5.74) is -0.205. The molecule has 0 aromatic carbocycles. The van der Waals surface area contributed by atoms with Crippen molar-refractivity contribution in [2.75, 3.05) is 31.1 Å². The van der Waals surface area contributed by atoms with Crippen LogP contribution in [0.15, 0.2) is 27.5 Å². The maximum Gasteiger partial charge on any atom is 0.264 e. The maximum atomic E-state index is 11.1. The van der Waals surface area contributed by atoms with E-state index >= 15 is 0 Å². The summed E-state index contributed by atoms with van der Waals surface area (Å²) >= 11 is 0. The van der Waals surface area contributed by atoms with Crippen LogP contribution in [0.3, 0.4) is 0 Å². The van der Waals surface area contributed by atoms with Crippen molar-refractivity contribution in [3.63, 3.8) is 0 Å². The standard InChI is InChI=1S/C17H25N5O2/c1-12(16-18-11-13(24-16)17(2,3)4)21-7-9-22(10-8-21)14-5-6-15(23)20-19-14/h5-6,11-12H,7-10H2,1-4H3,(H,20,23)/t12-/m0/s1. The largest absolute Gasteiger partial charge is 0.443 e. The van der Waals surface area contributed by atoms with Crippen LogP contribution in [0.2, 0.25) is 0 Å². The van der Waals surface area contributed by atoms with Crippen LogP contribution in [0.1, 0.15) is 45.4 Å². The average Bonchev–Trinajstić information content (AvgIpc) is 3.05. The van der Waals surface area contributed by atoms with Crippen molar-refractivity contribution in [1.29, 1.82) is 0 Å². The molecule has 1 atom stereocenters. The highest BCUT2D eigenvalue weighted by Gasteiger charge is 2.27. The lowest BCUT2D eigenvalue weighted by Gasteiger charge is -2.37. The lowest BCUT2D eigenvalue weighted by atomic mass is 9.94. The second kappa shape index (κ2) is 6.39. The van der Waals surface area contributed by atoms with E-state index in [9.17, 15) is 4.79 Å². The van der Waals surface area contributed by atoms with E-state index < -0.39 is 0 Å². The third kappa shape index (κ3) is 3.51. The fourth-order valence-corrected chi connectivity index (χ4v) is 2.84. The van der Waals surface area contributed by atoms with Gasteiger partial charge in [0.05, 0.1) is 12.2 Å². The van der Waals surface area contributed by atoms with Gasteiger partial charge >= 0.3 is 0 Å². The van der Waals surface area contributed by atoms with Crippen molar-refractivity contribution in [3.05, 3.63) is 40.3 Å². The van der Waals surface area contributed by atoms with Crippen molar-refractivity contribution in [3.8, 4) is 0 Å². The van der Waals surface area contributed by atoms with E-state index in [0.717, 1.165) is 43.6 Å². The Hall–Kier alpha value is -2.15. The van der Waals surface area contributed by atoms with E-state index in [0.29, 0.717) is 0 Å². The van der Waals surface area contributed by atoms with Gasteiger partial charge in [0.15, 0.2) is 0 Å². The summed E-state index contributed by atoms with van der Waals surface area (Å²) in [6, 6.07) is 3.42. The molecule has 0 saturated carbocycles. The fraction of sp³-hybridized carbons (Fsp3) is 0.588. The molecule has 1 aliphatic rings. The predicted octanol–water partition coefficient (Wildman–Crippen LogP) is 1.94. The van der Waals surface area contributed by atoms with Crippen LogP contribution in [-0.4, -0.2) is 46.3 Å². The molecule has 1 aliphatic heterocycles. The van der Waals surface area contributed by atoms with Gasteiger partial charge in [-0.15, -0.1) is 0 Å². The highest BCUT2D eigenvalue weighted by atomic mass is 16.4. The third-order valence-electron chi connectivity index (χ3n) is 4.47. The summed E-state index contributed by atoms with van der Waals surface area (Å²) in [7, 11) is 0. The molecule has 2 aromatic rings. The molecular formula is C17H25N5O2. The van der Waals surface area contributed by atoms with Crippen LogP contribution in [0.5, 0.6) is 0 Å². The zero-order valence-electron chi connectivity index (χ0n) is 14.7. The van der Waals surface area contributed by atoms with E-state index in [1.54, 1.807) is 6.07 Å². The Kier molecular flexibility index (Phi) is 4.45. The molecule has 0 unspecified atom stereocenters. The number of hydrogen-bond acceptors (Lipinski definition) is 6. The number of nitrogens with zero attached hydrogens (tertiary/aromatic N) is 4.